The van der Waals surface area contributed by atoms with Crippen molar-refractivity contribution in [3.63, 3.8) is 0 Å². The van der Waals surface area contributed by atoms with E-state index in [0.29, 0.717) is 44.3 Å². The van der Waals surface area contributed by atoms with Gasteiger partial charge in [-0.1, -0.05) is 54.1 Å². The molecular formula is C24H24ClFN4O. The number of nitrogens with zero attached hydrogens (tertiary/aromatic N) is 4. The van der Waals surface area contributed by atoms with Gasteiger partial charge in [-0.15, -0.1) is 0 Å². The molecule has 2 aliphatic rings. The first kappa shape index (κ1) is 20.2. The van der Waals surface area contributed by atoms with E-state index < -0.39 is 6.17 Å². The van der Waals surface area contributed by atoms with Crippen molar-refractivity contribution in [3.8, 4) is 17.0 Å². The molecular weight excluding hydrogens is 415 g/mol. The molecule has 2 aliphatic heterocycles. The van der Waals surface area contributed by atoms with Crippen LogP contribution in [0, 0.1) is 0 Å². The molecule has 2 aromatic carbocycles. The fourth-order valence-electron chi connectivity index (χ4n) is 4.42. The molecule has 5 nitrogen and oxygen atoms in total. The van der Waals surface area contributed by atoms with E-state index in [1.165, 1.54) is 0 Å². The smallest absolute Gasteiger partial charge is 0.221 e. The molecule has 31 heavy (non-hydrogen) atoms. The number of aromatic nitrogens is 2. The molecule has 160 valence electrons. The predicted molar refractivity (Wildman–Crippen MR) is 120 cm³/mol. The fraction of sp³-hybridized carbons (Fsp3) is 0.333. The molecule has 0 N–H and O–H groups in total. The molecule has 1 saturated heterocycles. The number of halogens is 2. The summed E-state index contributed by atoms with van der Waals surface area (Å²) >= 11 is 6.85. The summed E-state index contributed by atoms with van der Waals surface area (Å²) in [6.45, 7) is 2.97. The molecule has 5 rings (SSSR count). The van der Waals surface area contributed by atoms with Crippen molar-refractivity contribution in [3.05, 3.63) is 70.6 Å². The number of hydrogen-bond donors (Lipinski definition) is 0. The SMILES string of the molecule is COc1nc(CN2CCC(F)C2)nc2c1CN(c1cccc(-c3ccccc3)c1Cl)C2. The monoisotopic (exact) mass is 438 g/mol. The normalized spacial score (nSPS) is 18.4. The van der Waals surface area contributed by atoms with E-state index in [4.69, 9.17) is 21.3 Å². The first-order valence-electron chi connectivity index (χ1n) is 10.5. The van der Waals surface area contributed by atoms with E-state index in [2.05, 4.69) is 26.9 Å². The molecule has 0 radical (unpaired) electrons. The van der Waals surface area contributed by atoms with Crippen LogP contribution in [0.2, 0.25) is 5.02 Å². The molecule has 1 unspecified atom stereocenters. The fourth-order valence-corrected chi connectivity index (χ4v) is 4.77. The summed E-state index contributed by atoms with van der Waals surface area (Å²) in [6.07, 6.45) is -0.183. The zero-order valence-electron chi connectivity index (χ0n) is 17.4. The lowest BCUT2D eigenvalue weighted by Crippen LogP contribution is -2.22. The Bertz CT molecular complexity index is 1090. The molecule has 1 fully saturated rings. The highest BCUT2D eigenvalue weighted by Crippen LogP contribution is 2.40. The van der Waals surface area contributed by atoms with Crippen molar-refractivity contribution in [2.75, 3.05) is 25.1 Å². The number of alkyl halides is 1. The van der Waals surface area contributed by atoms with E-state index in [0.717, 1.165) is 39.6 Å². The van der Waals surface area contributed by atoms with Gasteiger partial charge in [0.05, 0.1) is 48.7 Å². The number of hydrogen-bond acceptors (Lipinski definition) is 5. The van der Waals surface area contributed by atoms with Crippen LogP contribution in [-0.4, -0.2) is 41.2 Å². The molecule has 0 spiro atoms. The Morgan fingerprint density at radius 1 is 1.10 bits per heavy atom. The van der Waals surface area contributed by atoms with Crippen LogP contribution in [0.5, 0.6) is 5.88 Å². The second kappa shape index (κ2) is 8.44. The maximum absolute atomic E-state index is 13.5. The number of methoxy groups -OCH3 is 1. The third kappa shape index (κ3) is 3.98. The van der Waals surface area contributed by atoms with Crippen LogP contribution in [0.15, 0.2) is 48.5 Å². The third-order valence-electron chi connectivity index (χ3n) is 5.97. The molecule has 7 heteroatoms. The van der Waals surface area contributed by atoms with Crippen LogP contribution in [0.1, 0.15) is 23.5 Å². The molecule has 1 aromatic heterocycles. The minimum atomic E-state index is -0.758. The summed E-state index contributed by atoms with van der Waals surface area (Å²) in [7, 11) is 1.63. The maximum atomic E-state index is 13.5. The van der Waals surface area contributed by atoms with Crippen molar-refractivity contribution in [2.45, 2.75) is 32.2 Å². The van der Waals surface area contributed by atoms with Crippen LogP contribution in [0.4, 0.5) is 10.1 Å². The highest BCUT2D eigenvalue weighted by atomic mass is 35.5. The lowest BCUT2D eigenvalue weighted by molar-refractivity contribution is 0.275. The van der Waals surface area contributed by atoms with Gasteiger partial charge in [-0.2, -0.15) is 4.98 Å². The topological polar surface area (TPSA) is 41.5 Å². The minimum absolute atomic E-state index is 0.441. The van der Waals surface area contributed by atoms with Gasteiger partial charge in [0, 0.05) is 18.7 Å². The van der Waals surface area contributed by atoms with Crippen LogP contribution in [-0.2, 0) is 19.6 Å². The molecule has 3 heterocycles. The van der Waals surface area contributed by atoms with E-state index >= 15 is 0 Å². The summed E-state index contributed by atoms with van der Waals surface area (Å²) in [6, 6.07) is 16.2. The largest absolute Gasteiger partial charge is 0.481 e. The predicted octanol–water partition coefficient (Wildman–Crippen LogP) is 4.87. The highest BCUT2D eigenvalue weighted by molar-refractivity contribution is 6.36. The van der Waals surface area contributed by atoms with Crippen molar-refractivity contribution in [2.24, 2.45) is 0 Å². The van der Waals surface area contributed by atoms with Crippen molar-refractivity contribution in [1.29, 1.82) is 0 Å². The average molecular weight is 439 g/mol. The Labute approximate surface area is 186 Å². The first-order chi connectivity index (χ1) is 15.1. The van der Waals surface area contributed by atoms with Gasteiger partial charge >= 0.3 is 0 Å². The molecule has 1 atom stereocenters. The lowest BCUT2D eigenvalue weighted by atomic mass is 10.0. The van der Waals surface area contributed by atoms with Gasteiger partial charge in [-0.3, -0.25) is 4.90 Å². The number of rotatable bonds is 5. The van der Waals surface area contributed by atoms with Crippen LogP contribution >= 0.6 is 11.6 Å². The third-order valence-corrected chi connectivity index (χ3v) is 6.37. The standard InChI is InChI=1S/C24H24ClFN4O/c1-31-24-19-13-30(14-20(19)27-22(28-24)15-29-11-10-17(26)12-29)21-9-5-8-18(23(21)25)16-6-3-2-4-7-16/h2-9,17H,10-15H2,1H3. The Morgan fingerprint density at radius 2 is 1.94 bits per heavy atom. The summed E-state index contributed by atoms with van der Waals surface area (Å²) in [5, 5.41) is 0.722. The lowest BCUT2D eigenvalue weighted by Gasteiger charge is -2.20. The molecule has 0 aliphatic carbocycles. The zero-order valence-corrected chi connectivity index (χ0v) is 18.1. The second-order valence-electron chi connectivity index (χ2n) is 8.06. The van der Waals surface area contributed by atoms with E-state index in [-0.39, 0.29) is 0 Å². The van der Waals surface area contributed by atoms with Crippen molar-refractivity contribution < 1.29 is 9.13 Å². The quantitative estimate of drug-likeness (QED) is 0.568. The average Bonchev–Trinajstić information content (AvgIpc) is 3.39. The van der Waals surface area contributed by atoms with Crippen LogP contribution in [0.25, 0.3) is 11.1 Å². The maximum Gasteiger partial charge on any atom is 0.221 e. The van der Waals surface area contributed by atoms with Gasteiger partial charge in [0.15, 0.2) is 0 Å². The molecule has 3 aromatic rings. The number of fused-ring (bicyclic) bond motifs is 1. The summed E-state index contributed by atoms with van der Waals surface area (Å²) in [4.78, 5) is 13.7. The Morgan fingerprint density at radius 3 is 2.68 bits per heavy atom. The summed E-state index contributed by atoms with van der Waals surface area (Å²) in [5.74, 6) is 1.27. The molecule has 0 amide bonds. The second-order valence-corrected chi connectivity index (χ2v) is 8.43. The van der Waals surface area contributed by atoms with Gasteiger partial charge in [0.1, 0.15) is 12.0 Å². The number of ether oxygens (including phenoxy) is 1. The van der Waals surface area contributed by atoms with E-state index in [9.17, 15) is 4.39 Å². The van der Waals surface area contributed by atoms with Crippen molar-refractivity contribution >= 4 is 17.3 Å². The van der Waals surface area contributed by atoms with E-state index in [1.807, 2.05) is 36.4 Å². The van der Waals surface area contributed by atoms with Crippen LogP contribution < -0.4 is 9.64 Å². The van der Waals surface area contributed by atoms with Crippen LogP contribution in [0.3, 0.4) is 0 Å². The summed E-state index contributed by atoms with van der Waals surface area (Å²) in [5.41, 5.74) is 4.98. The number of likely N-dealkylation sites (tertiary alicyclic amines) is 1. The van der Waals surface area contributed by atoms with Gasteiger partial charge in [0.2, 0.25) is 5.88 Å². The van der Waals surface area contributed by atoms with E-state index in [1.54, 1.807) is 7.11 Å². The Balaban J connectivity index is 1.43. The Kier molecular flexibility index (Phi) is 5.50. The van der Waals surface area contributed by atoms with Crippen molar-refractivity contribution in [1.82, 2.24) is 14.9 Å². The van der Waals surface area contributed by atoms with Gasteiger partial charge in [-0.05, 0) is 18.1 Å². The minimum Gasteiger partial charge on any atom is -0.481 e. The summed E-state index contributed by atoms with van der Waals surface area (Å²) < 4.78 is 19.1. The molecule has 0 saturated carbocycles. The van der Waals surface area contributed by atoms with Gasteiger partial charge in [0.25, 0.3) is 0 Å². The zero-order chi connectivity index (χ0) is 21.4. The first-order valence-corrected chi connectivity index (χ1v) is 10.9. The van der Waals surface area contributed by atoms with Gasteiger partial charge < -0.3 is 9.64 Å². The number of anilines is 1. The van der Waals surface area contributed by atoms with Gasteiger partial charge in [-0.25, -0.2) is 9.37 Å². The number of benzene rings is 2. The highest BCUT2D eigenvalue weighted by Gasteiger charge is 2.29. The molecule has 0 bridgehead atoms. The Hall–Kier alpha value is -2.70.